The van der Waals surface area contributed by atoms with Gasteiger partial charge >= 0.3 is 0 Å². The van der Waals surface area contributed by atoms with Crippen molar-refractivity contribution in [2.45, 2.75) is 31.5 Å². The summed E-state index contributed by atoms with van der Waals surface area (Å²) in [7, 11) is 0. The second kappa shape index (κ2) is 6.69. The minimum Gasteiger partial charge on any atom is -0.391 e. The number of carbonyl (C=O) groups excluding carboxylic acids is 1. The van der Waals surface area contributed by atoms with Gasteiger partial charge in [-0.15, -0.1) is 0 Å². The maximum Gasteiger partial charge on any atom is 0.261 e. The molecule has 0 amide bonds. The number of benzene rings is 1. The van der Waals surface area contributed by atoms with E-state index in [9.17, 15) is 14.7 Å². The lowest BCUT2D eigenvalue weighted by atomic mass is 10.1. The fourth-order valence-electron chi connectivity index (χ4n) is 2.83. The molecule has 3 rings (SSSR count). The van der Waals surface area contributed by atoms with Crippen LogP contribution in [0.2, 0.25) is 5.02 Å². The van der Waals surface area contributed by atoms with Gasteiger partial charge in [-0.3, -0.25) is 14.2 Å². The average Bonchev–Trinajstić information content (AvgIpc) is 2.95. The van der Waals surface area contributed by atoms with Gasteiger partial charge in [-0.05, 0) is 25.1 Å². The Balaban J connectivity index is 1.85. The highest BCUT2D eigenvalue weighted by Crippen LogP contribution is 2.28. The Hall–Kier alpha value is -2.27. The molecule has 1 saturated heterocycles. The van der Waals surface area contributed by atoms with Gasteiger partial charge < -0.3 is 10.4 Å². The molecule has 0 radical (unpaired) electrons. The summed E-state index contributed by atoms with van der Waals surface area (Å²) in [4.78, 5) is 32.1. The van der Waals surface area contributed by atoms with Crippen molar-refractivity contribution in [1.29, 1.82) is 0 Å². The Bertz CT molecular complexity index is 903. The van der Waals surface area contributed by atoms with Crippen LogP contribution in [0.3, 0.4) is 0 Å². The van der Waals surface area contributed by atoms with E-state index in [2.05, 4.69) is 15.1 Å². The van der Waals surface area contributed by atoms with Gasteiger partial charge in [0.15, 0.2) is 5.78 Å². The Morgan fingerprint density at radius 3 is 3.00 bits per heavy atom. The SMILES string of the molecule is [C-]#[N+]c1cc2ncn(CC(=O)C[C@@H]3NCC[C@H]3O)c(=O)c2cc1Cl. The molecule has 7 nitrogen and oxygen atoms in total. The van der Waals surface area contributed by atoms with Crippen molar-refractivity contribution >= 4 is 34.0 Å². The molecule has 0 bridgehead atoms. The van der Waals surface area contributed by atoms with Gasteiger partial charge in [-0.2, -0.15) is 0 Å². The van der Waals surface area contributed by atoms with E-state index in [1.807, 2.05) is 0 Å². The minimum atomic E-state index is -0.536. The first kappa shape index (κ1) is 16.6. The monoisotopic (exact) mass is 346 g/mol. The maximum atomic E-state index is 12.5. The van der Waals surface area contributed by atoms with Crippen LogP contribution in [0.1, 0.15) is 12.8 Å². The van der Waals surface area contributed by atoms with Crippen LogP contribution in [-0.4, -0.2) is 39.1 Å². The number of Topliss-reactive ketones (excluding diaryl/α,β-unsaturated/α-hetero) is 1. The molecule has 8 heteroatoms. The lowest BCUT2D eigenvalue weighted by Crippen LogP contribution is -2.34. The zero-order valence-electron chi connectivity index (χ0n) is 12.7. The number of fused-ring (bicyclic) bond motifs is 1. The van der Waals surface area contributed by atoms with Crippen LogP contribution in [-0.2, 0) is 11.3 Å². The van der Waals surface area contributed by atoms with Crippen LogP contribution in [0.5, 0.6) is 0 Å². The molecular weight excluding hydrogens is 332 g/mol. The van der Waals surface area contributed by atoms with Gasteiger partial charge in [0.05, 0.1) is 36.5 Å². The van der Waals surface area contributed by atoms with Gasteiger partial charge in [0.1, 0.15) is 0 Å². The van der Waals surface area contributed by atoms with E-state index in [-0.39, 0.29) is 46.4 Å². The summed E-state index contributed by atoms with van der Waals surface area (Å²) in [5, 5.41) is 13.3. The van der Waals surface area contributed by atoms with Crippen molar-refractivity contribution in [2.24, 2.45) is 0 Å². The summed E-state index contributed by atoms with van der Waals surface area (Å²) in [6.45, 7) is 7.59. The average molecular weight is 347 g/mol. The third-order valence-corrected chi connectivity index (χ3v) is 4.42. The van der Waals surface area contributed by atoms with Crippen LogP contribution in [0.15, 0.2) is 23.3 Å². The molecule has 1 aromatic carbocycles. The molecule has 1 fully saturated rings. The number of hydrogen-bond donors (Lipinski definition) is 2. The van der Waals surface area contributed by atoms with Crippen LogP contribution in [0.4, 0.5) is 5.69 Å². The summed E-state index contributed by atoms with van der Waals surface area (Å²) < 4.78 is 1.22. The van der Waals surface area contributed by atoms with Crippen molar-refractivity contribution < 1.29 is 9.90 Å². The van der Waals surface area contributed by atoms with E-state index in [4.69, 9.17) is 18.2 Å². The highest BCUT2D eigenvalue weighted by molar-refractivity contribution is 6.34. The van der Waals surface area contributed by atoms with Crippen molar-refractivity contribution in [2.75, 3.05) is 6.54 Å². The lowest BCUT2D eigenvalue weighted by molar-refractivity contribution is -0.120. The molecule has 1 aliphatic rings. The molecule has 0 unspecified atom stereocenters. The number of aliphatic hydroxyl groups is 1. The van der Waals surface area contributed by atoms with E-state index in [0.717, 1.165) is 0 Å². The molecule has 0 saturated carbocycles. The molecule has 124 valence electrons. The molecule has 1 aliphatic heterocycles. The Labute approximate surface area is 142 Å². The number of rotatable bonds is 4. The zero-order valence-corrected chi connectivity index (χ0v) is 13.5. The number of nitrogens with zero attached hydrogens (tertiary/aromatic N) is 3. The van der Waals surface area contributed by atoms with Crippen molar-refractivity contribution in [1.82, 2.24) is 14.9 Å². The zero-order chi connectivity index (χ0) is 17.3. The number of carbonyl (C=O) groups is 1. The normalized spacial score (nSPS) is 20.2. The Kier molecular flexibility index (Phi) is 4.62. The first-order chi connectivity index (χ1) is 11.5. The minimum absolute atomic E-state index is 0.116. The summed E-state index contributed by atoms with van der Waals surface area (Å²) in [6, 6.07) is 2.59. The maximum absolute atomic E-state index is 12.5. The van der Waals surface area contributed by atoms with E-state index in [0.29, 0.717) is 18.5 Å². The van der Waals surface area contributed by atoms with Gasteiger partial charge in [0, 0.05) is 17.5 Å². The summed E-state index contributed by atoms with van der Waals surface area (Å²) >= 11 is 5.97. The highest BCUT2D eigenvalue weighted by atomic mass is 35.5. The van der Waals surface area contributed by atoms with E-state index >= 15 is 0 Å². The second-order valence-corrected chi connectivity index (χ2v) is 6.18. The molecule has 2 atom stereocenters. The predicted octanol–water partition coefficient (Wildman–Crippen LogP) is 1.28. The molecule has 0 aliphatic carbocycles. The van der Waals surface area contributed by atoms with Crippen LogP contribution in [0, 0.1) is 6.57 Å². The van der Waals surface area contributed by atoms with E-state index in [1.165, 1.54) is 23.0 Å². The summed E-state index contributed by atoms with van der Waals surface area (Å²) in [5.41, 5.74) is 0.213. The third kappa shape index (κ3) is 3.17. The van der Waals surface area contributed by atoms with E-state index in [1.54, 1.807) is 0 Å². The Morgan fingerprint density at radius 1 is 1.54 bits per heavy atom. The van der Waals surface area contributed by atoms with Gasteiger partial charge in [0.25, 0.3) is 5.56 Å². The highest BCUT2D eigenvalue weighted by Gasteiger charge is 2.26. The lowest BCUT2D eigenvalue weighted by Gasteiger charge is -2.14. The van der Waals surface area contributed by atoms with Gasteiger partial charge in [-0.25, -0.2) is 9.83 Å². The molecule has 0 spiro atoms. The number of aromatic nitrogens is 2. The first-order valence-corrected chi connectivity index (χ1v) is 7.86. The topological polar surface area (TPSA) is 88.6 Å². The molecule has 24 heavy (non-hydrogen) atoms. The van der Waals surface area contributed by atoms with Crippen LogP contribution >= 0.6 is 11.6 Å². The fourth-order valence-corrected chi connectivity index (χ4v) is 3.03. The summed E-state index contributed by atoms with van der Waals surface area (Å²) in [6.07, 6.45) is 1.54. The third-order valence-electron chi connectivity index (χ3n) is 4.12. The molecule has 1 aromatic heterocycles. The quantitative estimate of drug-likeness (QED) is 0.814. The van der Waals surface area contributed by atoms with Crippen molar-refractivity contribution in [3.63, 3.8) is 0 Å². The van der Waals surface area contributed by atoms with Crippen molar-refractivity contribution in [3.8, 4) is 0 Å². The van der Waals surface area contributed by atoms with Gasteiger partial charge in [0.2, 0.25) is 5.69 Å². The number of halogens is 1. The van der Waals surface area contributed by atoms with Crippen LogP contribution in [0.25, 0.3) is 15.7 Å². The van der Waals surface area contributed by atoms with Crippen molar-refractivity contribution in [3.05, 3.63) is 45.3 Å². The number of ketones is 1. The number of aliphatic hydroxyl groups excluding tert-OH is 1. The number of nitrogens with one attached hydrogen (secondary N) is 1. The van der Waals surface area contributed by atoms with Crippen LogP contribution < -0.4 is 10.9 Å². The predicted molar refractivity (Wildman–Crippen MR) is 89.3 cm³/mol. The Morgan fingerprint density at radius 2 is 2.33 bits per heavy atom. The molecule has 2 heterocycles. The standard InChI is InChI=1S/C16H15ClN4O3/c1-18-13-6-12-10(5-11(13)17)16(24)21(8-20-12)7-9(22)4-14-15(23)2-3-19-14/h5-6,8,14-15,19,23H,2-4,7H2/t14-,15+/m0/s1. The van der Waals surface area contributed by atoms with E-state index < -0.39 is 6.10 Å². The molecule has 2 N–H and O–H groups in total. The summed E-state index contributed by atoms with van der Waals surface area (Å²) in [5.74, 6) is -0.166. The fraction of sp³-hybridized carbons (Fsp3) is 0.375. The smallest absolute Gasteiger partial charge is 0.261 e. The van der Waals surface area contributed by atoms with Gasteiger partial charge in [-0.1, -0.05) is 11.6 Å². The molecular formula is C16H15ClN4O3. The largest absolute Gasteiger partial charge is 0.391 e. The molecule has 2 aromatic rings. The first-order valence-electron chi connectivity index (χ1n) is 7.49. The second-order valence-electron chi connectivity index (χ2n) is 5.77. The number of hydrogen-bond acceptors (Lipinski definition) is 5.